The van der Waals surface area contributed by atoms with E-state index in [4.69, 9.17) is 15.9 Å². The maximum atomic E-state index is 12.1. The SMILES string of the molecule is CC[C@H](C)[C@H](NC(=O)[C@H](CC(=O)O)NC(=O)[C@H](C)N)C(=O)O. The molecule has 0 unspecified atom stereocenters. The van der Waals surface area contributed by atoms with Crippen LogP contribution < -0.4 is 16.4 Å². The molecule has 4 atom stereocenters. The third-order valence-electron chi connectivity index (χ3n) is 3.20. The van der Waals surface area contributed by atoms with Crippen molar-refractivity contribution in [3.63, 3.8) is 0 Å². The van der Waals surface area contributed by atoms with Crippen molar-refractivity contribution in [3.05, 3.63) is 0 Å². The molecule has 2 amide bonds. The molecule has 6 N–H and O–H groups in total. The van der Waals surface area contributed by atoms with Gasteiger partial charge in [-0.1, -0.05) is 20.3 Å². The zero-order valence-corrected chi connectivity index (χ0v) is 12.8. The first-order valence-corrected chi connectivity index (χ1v) is 6.91. The normalized spacial score (nSPS) is 16.0. The minimum absolute atomic E-state index is 0.351. The van der Waals surface area contributed by atoms with Gasteiger partial charge in [-0.2, -0.15) is 0 Å². The van der Waals surface area contributed by atoms with Crippen LogP contribution in [0, 0.1) is 5.92 Å². The van der Waals surface area contributed by atoms with Gasteiger partial charge in [0.05, 0.1) is 12.5 Å². The van der Waals surface area contributed by atoms with Crippen molar-refractivity contribution in [2.75, 3.05) is 0 Å². The van der Waals surface area contributed by atoms with Crippen LogP contribution in [0.1, 0.15) is 33.6 Å². The van der Waals surface area contributed by atoms with E-state index in [1.54, 1.807) is 13.8 Å². The van der Waals surface area contributed by atoms with Crippen molar-refractivity contribution in [3.8, 4) is 0 Å². The zero-order chi connectivity index (χ0) is 17.4. The van der Waals surface area contributed by atoms with Crippen LogP contribution in [0.2, 0.25) is 0 Å². The van der Waals surface area contributed by atoms with Crippen molar-refractivity contribution >= 4 is 23.8 Å². The van der Waals surface area contributed by atoms with Gasteiger partial charge in [-0.05, 0) is 12.8 Å². The number of amides is 2. The first-order chi connectivity index (χ1) is 10.1. The van der Waals surface area contributed by atoms with E-state index in [-0.39, 0.29) is 5.92 Å². The molecule has 0 aliphatic rings. The lowest BCUT2D eigenvalue weighted by molar-refractivity contribution is -0.144. The van der Waals surface area contributed by atoms with Gasteiger partial charge in [-0.25, -0.2) is 4.79 Å². The fourth-order valence-corrected chi connectivity index (χ4v) is 1.62. The summed E-state index contributed by atoms with van der Waals surface area (Å²) in [4.78, 5) is 45.6. The lowest BCUT2D eigenvalue weighted by Crippen LogP contribution is -2.55. The number of nitrogens with two attached hydrogens (primary N) is 1. The van der Waals surface area contributed by atoms with Crippen molar-refractivity contribution < 1.29 is 29.4 Å². The van der Waals surface area contributed by atoms with Gasteiger partial charge in [0.1, 0.15) is 12.1 Å². The van der Waals surface area contributed by atoms with E-state index < -0.39 is 48.3 Å². The number of aliphatic carboxylic acids is 2. The number of nitrogens with one attached hydrogen (secondary N) is 2. The maximum Gasteiger partial charge on any atom is 0.326 e. The second kappa shape index (κ2) is 8.98. The summed E-state index contributed by atoms with van der Waals surface area (Å²) in [5, 5.41) is 22.4. The molecule has 0 fully saturated rings. The molecule has 126 valence electrons. The number of rotatable bonds is 9. The Morgan fingerprint density at radius 1 is 1.05 bits per heavy atom. The minimum atomic E-state index is -1.39. The Morgan fingerprint density at radius 2 is 1.59 bits per heavy atom. The highest BCUT2D eigenvalue weighted by Gasteiger charge is 2.31. The summed E-state index contributed by atoms with van der Waals surface area (Å²) in [7, 11) is 0. The van der Waals surface area contributed by atoms with E-state index in [1.165, 1.54) is 6.92 Å². The summed E-state index contributed by atoms with van der Waals surface area (Å²) in [6.45, 7) is 4.79. The maximum absolute atomic E-state index is 12.1. The topological polar surface area (TPSA) is 159 Å². The van der Waals surface area contributed by atoms with Gasteiger partial charge in [-0.3, -0.25) is 14.4 Å². The average molecular weight is 317 g/mol. The molecular weight excluding hydrogens is 294 g/mol. The van der Waals surface area contributed by atoms with Crippen molar-refractivity contribution in [2.45, 2.75) is 51.7 Å². The second-order valence-corrected chi connectivity index (χ2v) is 5.16. The molecule has 0 aromatic carbocycles. The molecule has 9 heteroatoms. The lowest BCUT2D eigenvalue weighted by atomic mass is 9.98. The molecule has 9 nitrogen and oxygen atoms in total. The molecule has 0 spiro atoms. The Hall–Kier alpha value is -2.16. The fraction of sp³-hybridized carbons (Fsp3) is 0.692. The predicted molar refractivity (Wildman–Crippen MR) is 76.9 cm³/mol. The third-order valence-corrected chi connectivity index (χ3v) is 3.20. The van der Waals surface area contributed by atoms with Crippen LogP contribution in [0.25, 0.3) is 0 Å². The quantitative estimate of drug-likeness (QED) is 0.361. The van der Waals surface area contributed by atoms with Gasteiger partial charge in [0.15, 0.2) is 0 Å². The standard InChI is InChI=1S/C13H23N3O6/c1-4-6(2)10(13(21)22)16-12(20)8(5-9(17)18)15-11(19)7(3)14/h6-8,10H,4-5,14H2,1-3H3,(H,15,19)(H,16,20)(H,17,18)(H,21,22)/t6-,7-,8-,10-/m0/s1. The van der Waals surface area contributed by atoms with Crippen LogP contribution >= 0.6 is 0 Å². The Balaban J connectivity index is 5.05. The Kier molecular flexibility index (Phi) is 8.10. The van der Waals surface area contributed by atoms with E-state index in [9.17, 15) is 19.2 Å². The number of hydrogen-bond donors (Lipinski definition) is 5. The molecule has 0 aliphatic heterocycles. The summed E-state index contributed by atoms with van der Waals surface area (Å²) < 4.78 is 0. The predicted octanol–water partition coefficient (Wildman–Crippen LogP) is -1.09. The first-order valence-electron chi connectivity index (χ1n) is 6.91. The zero-order valence-electron chi connectivity index (χ0n) is 12.8. The summed E-state index contributed by atoms with van der Waals surface area (Å²) in [6.07, 6.45) is -0.163. The van der Waals surface area contributed by atoms with Crippen molar-refractivity contribution in [2.24, 2.45) is 11.7 Å². The Morgan fingerprint density at radius 3 is 1.95 bits per heavy atom. The molecule has 0 aromatic rings. The first kappa shape index (κ1) is 19.8. The highest BCUT2D eigenvalue weighted by molar-refractivity contribution is 5.93. The van der Waals surface area contributed by atoms with E-state index in [2.05, 4.69) is 10.6 Å². The van der Waals surface area contributed by atoms with Crippen LogP contribution in [0.5, 0.6) is 0 Å². The van der Waals surface area contributed by atoms with E-state index >= 15 is 0 Å². The molecule has 0 bridgehead atoms. The lowest BCUT2D eigenvalue weighted by Gasteiger charge is -2.24. The van der Waals surface area contributed by atoms with E-state index in [1.807, 2.05) is 0 Å². The van der Waals surface area contributed by atoms with Gasteiger partial charge < -0.3 is 26.6 Å². The minimum Gasteiger partial charge on any atom is -0.481 e. The largest absolute Gasteiger partial charge is 0.481 e. The van der Waals surface area contributed by atoms with Crippen LogP contribution in [-0.4, -0.2) is 52.1 Å². The molecule has 22 heavy (non-hydrogen) atoms. The molecule has 0 saturated heterocycles. The molecule has 0 radical (unpaired) electrons. The number of carboxylic acid groups (broad SMARTS) is 2. The molecule has 0 aromatic heterocycles. The van der Waals surface area contributed by atoms with E-state index in [0.717, 1.165) is 0 Å². The average Bonchev–Trinajstić information content (AvgIpc) is 2.41. The summed E-state index contributed by atoms with van der Waals surface area (Å²) >= 11 is 0. The van der Waals surface area contributed by atoms with Crippen LogP contribution in [0.3, 0.4) is 0 Å². The van der Waals surface area contributed by atoms with E-state index in [0.29, 0.717) is 6.42 Å². The van der Waals surface area contributed by atoms with Gasteiger partial charge in [-0.15, -0.1) is 0 Å². The Labute approximate surface area is 128 Å². The molecule has 0 saturated carbocycles. The summed E-state index contributed by atoms with van der Waals surface area (Å²) in [5.74, 6) is -4.45. The fourth-order valence-electron chi connectivity index (χ4n) is 1.62. The summed E-state index contributed by atoms with van der Waals surface area (Å²) in [6, 6.07) is -3.48. The molecule has 0 rings (SSSR count). The number of hydrogen-bond acceptors (Lipinski definition) is 5. The molecule has 0 heterocycles. The van der Waals surface area contributed by atoms with Crippen molar-refractivity contribution in [1.82, 2.24) is 10.6 Å². The number of carbonyl (C=O) groups is 4. The monoisotopic (exact) mass is 317 g/mol. The molecule has 0 aliphatic carbocycles. The van der Waals surface area contributed by atoms with Crippen molar-refractivity contribution in [1.29, 1.82) is 0 Å². The smallest absolute Gasteiger partial charge is 0.326 e. The number of carbonyl (C=O) groups excluding carboxylic acids is 2. The van der Waals surface area contributed by atoms with Crippen LogP contribution in [0.4, 0.5) is 0 Å². The number of carboxylic acids is 2. The van der Waals surface area contributed by atoms with Crippen LogP contribution in [-0.2, 0) is 19.2 Å². The highest BCUT2D eigenvalue weighted by atomic mass is 16.4. The highest BCUT2D eigenvalue weighted by Crippen LogP contribution is 2.08. The van der Waals surface area contributed by atoms with Crippen LogP contribution in [0.15, 0.2) is 0 Å². The van der Waals surface area contributed by atoms with Gasteiger partial charge in [0, 0.05) is 0 Å². The summed E-state index contributed by atoms with van der Waals surface area (Å²) in [5.41, 5.74) is 5.35. The molecular formula is C13H23N3O6. The van der Waals surface area contributed by atoms with Gasteiger partial charge in [0.2, 0.25) is 11.8 Å². The van der Waals surface area contributed by atoms with Gasteiger partial charge >= 0.3 is 11.9 Å². The Bertz CT molecular complexity index is 437. The second-order valence-electron chi connectivity index (χ2n) is 5.16. The van der Waals surface area contributed by atoms with Gasteiger partial charge in [0.25, 0.3) is 0 Å². The third kappa shape index (κ3) is 6.53.